The Hall–Kier alpha value is -3.52. The van der Waals surface area contributed by atoms with Crippen molar-refractivity contribution in [2.75, 3.05) is 25.1 Å². The fourth-order valence-electron chi connectivity index (χ4n) is 3.76. The molecule has 0 heterocycles. The Morgan fingerprint density at radius 3 is 2.11 bits per heavy atom. The van der Waals surface area contributed by atoms with Crippen molar-refractivity contribution in [1.82, 2.24) is 5.32 Å². The van der Waals surface area contributed by atoms with Crippen molar-refractivity contribution >= 4 is 21.6 Å². The van der Waals surface area contributed by atoms with Gasteiger partial charge in [0.2, 0.25) is 5.91 Å². The molecule has 0 fully saturated rings. The van der Waals surface area contributed by atoms with Gasteiger partial charge in [0, 0.05) is 0 Å². The summed E-state index contributed by atoms with van der Waals surface area (Å²) >= 11 is 0. The lowest BCUT2D eigenvalue weighted by Gasteiger charge is -2.27. The molecular weight excluding hydrogens is 464 g/mol. The standard InChI is InChI=1S/C27H32N2O5S/c1-6-24(21-10-12-22(33-4)13-11-21)28-27(30)18-29(25-17-20(3)9-16-26(25)34-5)35(31,32)23-14-7-19(2)8-15-23/h7-17,24H,6,18H2,1-5H3,(H,28,30)/t24-/m0/s1. The number of nitrogens with one attached hydrogen (secondary N) is 1. The van der Waals surface area contributed by atoms with Crippen LogP contribution in [0.5, 0.6) is 11.5 Å². The molecule has 0 bridgehead atoms. The van der Waals surface area contributed by atoms with Gasteiger partial charge >= 0.3 is 0 Å². The first-order valence-corrected chi connectivity index (χ1v) is 12.8. The number of hydrogen-bond donors (Lipinski definition) is 1. The van der Waals surface area contributed by atoms with E-state index in [1.807, 2.05) is 51.1 Å². The number of nitrogens with zero attached hydrogens (tertiary/aromatic N) is 1. The second kappa shape index (κ2) is 11.3. The van der Waals surface area contributed by atoms with Gasteiger partial charge in [-0.05, 0) is 67.8 Å². The van der Waals surface area contributed by atoms with Crippen LogP contribution in [0.25, 0.3) is 0 Å². The minimum Gasteiger partial charge on any atom is -0.497 e. The van der Waals surface area contributed by atoms with Gasteiger partial charge < -0.3 is 14.8 Å². The van der Waals surface area contributed by atoms with E-state index in [1.165, 1.54) is 7.11 Å². The number of carbonyl (C=O) groups is 1. The first kappa shape index (κ1) is 26.1. The summed E-state index contributed by atoms with van der Waals surface area (Å²) in [5, 5.41) is 2.98. The average Bonchev–Trinajstić information content (AvgIpc) is 2.86. The summed E-state index contributed by atoms with van der Waals surface area (Å²) in [5.41, 5.74) is 2.99. The molecule has 3 aromatic rings. The van der Waals surface area contributed by atoms with E-state index in [2.05, 4.69) is 5.32 Å². The van der Waals surface area contributed by atoms with Crippen LogP contribution in [-0.2, 0) is 14.8 Å². The van der Waals surface area contributed by atoms with Crippen LogP contribution in [0, 0.1) is 13.8 Å². The highest BCUT2D eigenvalue weighted by atomic mass is 32.2. The minimum atomic E-state index is -4.06. The van der Waals surface area contributed by atoms with Crippen molar-refractivity contribution in [3.8, 4) is 11.5 Å². The first-order valence-electron chi connectivity index (χ1n) is 11.4. The summed E-state index contributed by atoms with van der Waals surface area (Å²) < 4.78 is 39.2. The predicted molar refractivity (Wildman–Crippen MR) is 138 cm³/mol. The molecule has 7 nitrogen and oxygen atoms in total. The van der Waals surface area contributed by atoms with Crippen molar-refractivity contribution < 1.29 is 22.7 Å². The maximum Gasteiger partial charge on any atom is 0.264 e. The quantitative estimate of drug-likeness (QED) is 0.437. The molecule has 0 aliphatic heterocycles. The molecule has 0 saturated heterocycles. The summed E-state index contributed by atoms with van der Waals surface area (Å²) in [6.45, 7) is 5.30. The van der Waals surface area contributed by atoms with Crippen LogP contribution < -0.4 is 19.1 Å². The molecule has 3 rings (SSSR count). The number of carbonyl (C=O) groups excluding carboxylic acids is 1. The van der Waals surface area contributed by atoms with Gasteiger partial charge in [0.25, 0.3) is 10.0 Å². The normalized spacial score (nSPS) is 12.0. The zero-order valence-corrected chi connectivity index (χ0v) is 21.6. The van der Waals surface area contributed by atoms with Crippen molar-refractivity contribution in [1.29, 1.82) is 0 Å². The highest BCUT2D eigenvalue weighted by Crippen LogP contribution is 2.33. The smallest absolute Gasteiger partial charge is 0.264 e. The molecule has 0 spiro atoms. The molecule has 0 aliphatic rings. The van der Waals surface area contributed by atoms with Crippen LogP contribution in [0.15, 0.2) is 71.6 Å². The molecule has 1 amide bonds. The largest absolute Gasteiger partial charge is 0.497 e. The first-order chi connectivity index (χ1) is 16.7. The maximum atomic E-state index is 13.7. The lowest BCUT2D eigenvalue weighted by Crippen LogP contribution is -2.42. The van der Waals surface area contributed by atoms with E-state index in [0.29, 0.717) is 17.9 Å². The second-order valence-electron chi connectivity index (χ2n) is 8.30. The highest BCUT2D eigenvalue weighted by molar-refractivity contribution is 7.92. The summed E-state index contributed by atoms with van der Waals surface area (Å²) in [7, 11) is -0.988. The van der Waals surface area contributed by atoms with Gasteiger partial charge in [-0.25, -0.2) is 8.42 Å². The van der Waals surface area contributed by atoms with Crippen molar-refractivity contribution in [3.05, 3.63) is 83.4 Å². The number of anilines is 1. The Morgan fingerprint density at radius 1 is 0.914 bits per heavy atom. The summed E-state index contributed by atoms with van der Waals surface area (Å²) in [6, 6.07) is 18.9. The number of rotatable bonds is 10. The van der Waals surface area contributed by atoms with Gasteiger partial charge in [0.1, 0.15) is 18.0 Å². The van der Waals surface area contributed by atoms with Crippen LogP contribution in [0.1, 0.15) is 36.1 Å². The molecule has 0 saturated carbocycles. The molecule has 35 heavy (non-hydrogen) atoms. The average molecular weight is 497 g/mol. The number of aryl methyl sites for hydroxylation is 2. The number of hydrogen-bond acceptors (Lipinski definition) is 5. The molecule has 1 N–H and O–H groups in total. The molecule has 0 aliphatic carbocycles. The zero-order chi connectivity index (χ0) is 25.6. The second-order valence-corrected chi connectivity index (χ2v) is 10.2. The molecule has 0 aromatic heterocycles. The van der Waals surface area contributed by atoms with Crippen molar-refractivity contribution in [2.45, 2.75) is 38.1 Å². The van der Waals surface area contributed by atoms with E-state index < -0.39 is 22.5 Å². The number of amides is 1. The Balaban J connectivity index is 1.97. The fourth-order valence-corrected chi connectivity index (χ4v) is 5.18. The third-order valence-corrected chi connectivity index (χ3v) is 7.53. The number of sulfonamides is 1. The maximum absolute atomic E-state index is 13.7. The van der Waals surface area contributed by atoms with E-state index in [1.54, 1.807) is 43.5 Å². The van der Waals surface area contributed by atoms with Crippen LogP contribution >= 0.6 is 0 Å². The molecule has 186 valence electrons. The minimum absolute atomic E-state index is 0.0988. The van der Waals surface area contributed by atoms with Crippen molar-refractivity contribution in [2.24, 2.45) is 0 Å². The van der Waals surface area contributed by atoms with Gasteiger partial charge in [0.05, 0.1) is 30.8 Å². The third-order valence-electron chi connectivity index (χ3n) is 5.76. The topological polar surface area (TPSA) is 84.9 Å². The number of methoxy groups -OCH3 is 2. The van der Waals surface area contributed by atoms with E-state index in [4.69, 9.17) is 9.47 Å². The summed E-state index contributed by atoms with van der Waals surface area (Å²) in [6.07, 6.45) is 0.635. The Bertz CT molecular complexity index is 1260. The van der Waals surface area contributed by atoms with E-state index >= 15 is 0 Å². The summed E-state index contributed by atoms with van der Waals surface area (Å²) in [4.78, 5) is 13.3. The Kier molecular flexibility index (Phi) is 8.40. The van der Waals surface area contributed by atoms with Crippen LogP contribution in [0.3, 0.4) is 0 Å². The monoisotopic (exact) mass is 496 g/mol. The molecular formula is C27H32N2O5S. The van der Waals surface area contributed by atoms with E-state index in [0.717, 1.165) is 26.7 Å². The number of ether oxygens (including phenoxy) is 2. The lowest BCUT2D eigenvalue weighted by atomic mass is 10.0. The lowest BCUT2D eigenvalue weighted by molar-refractivity contribution is -0.120. The number of benzene rings is 3. The molecule has 0 unspecified atom stereocenters. The van der Waals surface area contributed by atoms with Crippen molar-refractivity contribution in [3.63, 3.8) is 0 Å². The molecule has 0 radical (unpaired) electrons. The molecule has 3 aromatic carbocycles. The zero-order valence-electron chi connectivity index (χ0n) is 20.7. The van der Waals surface area contributed by atoms with Crippen LogP contribution in [-0.4, -0.2) is 35.1 Å². The van der Waals surface area contributed by atoms with E-state index in [-0.39, 0.29) is 10.9 Å². The van der Waals surface area contributed by atoms with Gasteiger partial charge in [0.15, 0.2) is 0 Å². The predicted octanol–water partition coefficient (Wildman–Crippen LogP) is 4.78. The van der Waals surface area contributed by atoms with E-state index in [9.17, 15) is 13.2 Å². The van der Waals surface area contributed by atoms with Gasteiger partial charge in [-0.15, -0.1) is 0 Å². The van der Waals surface area contributed by atoms with Gasteiger partial charge in [-0.3, -0.25) is 9.10 Å². The molecule has 8 heteroatoms. The Morgan fingerprint density at radius 2 is 1.54 bits per heavy atom. The van der Waals surface area contributed by atoms with Gasteiger partial charge in [-0.2, -0.15) is 0 Å². The SMILES string of the molecule is CC[C@H](NC(=O)CN(c1cc(C)ccc1OC)S(=O)(=O)c1ccc(C)cc1)c1ccc(OC)cc1. The van der Waals surface area contributed by atoms with Crippen LogP contribution in [0.4, 0.5) is 5.69 Å². The fraction of sp³-hybridized carbons (Fsp3) is 0.296. The molecule has 1 atom stereocenters. The van der Waals surface area contributed by atoms with Gasteiger partial charge in [-0.1, -0.05) is 42.8 Å². The highest BCUT2D eigenvalue weighted by Gasteiger charge is 2.30. The third kappa shape index (κ3) is 6.14. The summed E-state index contributed by atoms with van der Waals surface area (Å²) in [5.74, 6) is 0.657. The Labute approximate surface area is 207 Å². The van der Waals surface area contributed by atoms with Crippen LogP contribution in [0.2, 0.25) is 0 Å².